The Labute approximate surface area is 180 Å². The first-order chi connectivity index (χ1) is 14.4. The predicted octanol–water partition coefficient (Wildman–Crippen LogP) is 5.74. The van der Waals surface area contributed by atoms with E-state index in [0.29, 0.717) is 5.92 Å². The first-order valence-electron chi connectivity index (χ1n) is 10.2. The molecule has 6 heteroatoms. The average molecular weight is 419 g/mol. The molecule has 0 saturated carbocycles. The lowest BCUT2D eigenvalue weighted by atomic mass is 9.98. The first-order valence-corrected chi connectivity index (χ1v) is 11.0. The van der Waals surface area contributed by atoms with Gasteiger partial charge in [0.2, 0.25) is 5.91 Å². The average Bonchev–Trinajstić information content (AvgIpc) is 3.11. The van der Waals surface area contributed by atoms with Crippen LogP contribution >= 0.6 is 11.8 Å². The molecule has 0 aliphatic heterocycles. The summed E-state index contributed by atoms with van der Waals surface area (Å²) in [7, 11) is 0. The van der Waals surface area contributed by atoms with Crippen molar-refractivity contribution in [2.75, 3.05) is 5.32 Å². The Kier molecular flexibility index (Phi) is 5.52. The van der Waals surface area contributed by atoms with Crippen LogP contribution in [0.3, 0.4) is 0 Å². The summed E-state index contributed by atoms with van der Waals surface area (Å²) in [5.41, 5.74) is 6.14. The van der Waals surface area contributed by atoms with E-state index in [0.717, 1.165) is 44.1 Å². The standard InChI is InChI=1S/C24H26N4OS/c1-14(2)18-11-8-9-15(3)22(18)25-23(29)17(5)30-24-27-26-21-13-16(4)19-10-6-7-12-20(19)28(21)24/h6-14,17H,1-5H3,(H,25,29). The van der Waals surface area contributed by atoms with Crippen LogP contribution in [0.25, 0.3) is 16.6 Å². The number of aryl methyl sites for hydroxylation is 2. The van der Waals surface area contributed by atoms with Gasteiger partial charge in [0.1, 0.15) is 0 Å². The zero-order valence-corrected chi connectivity index (χ0v) is 18.7. The minimum Gasteiger partial charge on any atom is -0.325 e. The SMILES string of the molecule is Cc1cccc(C(C)C)c1NC(=O)C(C)Sc1nnc2cc(C)c3ccccc3n12. The Bertz CT molecular complexity index is 1240. The van der Waals surface area contributed by atoms with Gasteiger partial charge in [-0.05, 0) is 55.5 Å². The second-order valence-electron chi connectivity index (χ2n) is 7.96. The zero-order valence-electron chi connectivity index (χ0n) is 17.9. The minimum absolute atomic E-state index is 0.0376. The Hall–Kier alpha value is -2.86. The van der Waals surface area contributed by atoms with E-state index in [4.69, 9.17) is 0 Å². The van der Waals surface area contributed by atoms with Crippen molar-refractivity contribution in [2.24, 2.45) is 0 Å². The maximum atomic E-state index is 13.0. The molecule has 4 rings (SSSR count). The van der Waals surface area contributed by atoms with Crippen LogP contribution in [0.1, 0.15) is 43.4 Å². The van der Waals surface area contributed by atoms with Crippen LogP contribution in [0.15, 0.2) is 53.7 Å². The van der Waals surface area contributed by atoms with Crippen LogP contribution in [0.5, 0.6) is 0 Å². The van der Waals surface area contributed by atoms with E-state index < -0.39 is 0 Å². The molecule has 0 spiro atoms. The predicted molar refractivity (Wildman–Crippen MR) is 124 cm³/mol. The second kappa shape index (κ2) is 8.11. The Balaban J connectivity index is 1.64. The van der Waals surface area contributed by atoms with Crippen molar-refractivity contribution in [1.82, 2.24) is 14.6 Å². The number of nitrogens with zero attached hydrogens (tertiary/aromatic N) is 3. The van der Waals surface area contributed by atoms with Gasteiger partial charge in [0.25, 0.3) is 0 Å². The molecule has 0 saturated heterocycles. The molecule has 1 N–H and O–H groups in total. The number of aromatic nitrogens is 3. The summed E-state index contributed by atoms with van der Waals surface area (Å²) < 4.78 is 2.03. The maximum absolute atomic E-state index is 13.0. The molecule has 4 aromatic rings. The molecule has 1 amide bonds. The fourth-order valence-corrected chi connectivity index (χ4v) is 4.60. The number of para-hydroxylation sites is 2. The highest BCUT2D eigenvalue weighted by molar-refractivity contribution is 8.00. The van der Waals surface area contributed by atoms with Crippen molar-refractivity contribution in [1.29, 1.82) is 0 Å². The van der Waals surface area contributed by atoms with Crippen molar-refractivity contribution >= 4 is 39.9 Å². The molecule has 0 radical (unpaired) electrons. The third-order valence-electron chi connectivity index (χ3n) is 5.40. The molecule has 154 valence electrons. The van der Waals surface area contributed by atoms with E-state index in [1.165, 1.54) is 11.8 Å². The van der Waals surface area contributed by atoms with Gasteiger partial charge in [-0.3, -0.25) is 9.20 Å². The Morgan fingerprint density at radius 1 is 1.00 bits per heavy atom. The van der Waals surface area contributed by atoms with Crippen molar-refractivity contribution in [3.63, 3.8) is 0 Å². The third kappa shape index (κ3) is 3.67. The number of amides is 1. The van der Waals surface area contributed by atoms with Gasteiger partial charge in [0.05, 0.1) is 10.8 Å². The Morgan fingerprint density at radius 2 is 1.77 bits per heavy atom. The van der Waals surface area contributed by atoms with Gasteiger partial charge in [-0.15, -0.1) is 10.2 Å². The van der Waals surface area contributed by atoms with Crippen molar-refractivity contribution in [3.05, 3.63) is 65.2 Å². The molecule has 2 aromatic carbocycles. The quantitative estimate of drug-likeness (QED) is 0.420. The van der Waals surface area contributed by atoms with Crippen LogP contribution in [-0.2, 0) is 4.79 Å². The van der Waals surface area contributed by atoms with Crippen LogP contribution in [-0.4, -0.2) is 25.8 Å². The molecule has 2 heterocycles. The number of nitrogens with one attached hydrogen (secondary N) is 1. The lowest BCUT2D eigenvalue weighted by molar-refractivity contribution is -0.115. The molecular weight excluding hydrogens is 392 g/mol. The van der Waals surface area contributed by atoms with Crippen LogP contribution < -0.4 is 5.32 Å². The smallest absolute Gasteiger partial charge is 0.237 e. The van der Waals surface area contributed by atoms with E-state index in [1.807, 2.05) is 48.6 Å². The lowest BCUT2D eigenvalue weighted by Gasteiger charge is -2.18. The summed E-state index contributed by atoms with van der Waals surface area (Å²) in [6.45, 7) is 10.3. The number of hydrogen-bond acceptors (Lipinski definition) is 4. The van der Waals surface area contributed by atoms with Crippen molar-refractivity contribution in [3.8, 4) is 0 Å². The zero-order chi connectivity index (χ0) is 21.4. The number of rotatable bonds is 5. The molecule has 5 nitrogen and oxygen atoms in total. The molecule has 0 aliphatic rings. The number of anilines is 1. The highest BCUT2D eigenvalue weighted by atomic mass is 32.2. The van der Waals surface area contributed by atoms with Gasteiger partial charge >= 0.3 is 0 Å². The topological polar surface area (TPSA) is 59.3 Å². The Morgan fingerprint density at radius 3 is 2.53 bits per heavy atom. The van der Waals surface area contributed by atoms with Gasteiger partial charge in [-0.1, -0.05) is 62.0 Å². The number of benzene rings is 2. The fourth-order valence-electron chi connectivity index (χ4n) is 3.73. The summed E-state index contributed by atoms with van der Waals surface area (Å²) in [5.74, 6) is 0.294. The molecule has 1 unspecified atom stereocenters. The monoisotopic (exact) mass is 418 g/mol. The van der Waals surface area contributed by atoms with Crippen molar-refractivity contribution < 1.29 is 4.79 Å². The maximum Gasteiger partial charge on any atom is 0.237 e. The van der Waals surface area contributed by atoms with Gasteiger partial charge in [0.15, 0.2) is 10.8 Å². The van der Waals surface area contributed by atoms with Crippen LogP contribution in [0, 0.1) is 13.8 Å². The molecule has 0 aliphatic carbocycles. The number of carbonyl (C=O) groups excluding carboxylic acids is 1. The summed E-state index contributed by atoms with van der Waals surface area (Å²) in [5, 5.41) is 13.4. The molecule has 1 atom stereocenters. The van der Waals surface area contributed by atoms with Crippen LogP contribution in [0.2, 0.25) is 0 Å². The lowest BCUT2D eigenvalue weighted by Crippen LogP contribution is -2.24. The molecule has 30 heavy (non-hydrogen) atoms. The third-order valence-corrected chi connectivity index (χ3v) is 6.44. The number of fused-ring (bicyclic) bond motifs is 3. The summed E-state index contributed by atoms with van der Waals surface area (Å²) in [6, 6.07) is 16.4. The van der Waals surface area contributed by atoms with Gasteiger partial charge in [-0.2, -0.15) is 0 Å². The minimum atomic E-state index is -0.322. The van der Waals surface area contributed by atoms with Crippen LogP contribution in [0.4, 0.5) is 5.69 Å². The van der Waals surface area contributed by atoms with E-state index in [1.54, 1.807) is 0 Å². The highest BCUT2D eigenvalue weighted by Gasteiger charge is 2.21. The number of pyridine rings is 1. The number of hydrogen-bond donors (Lipinski definition) is 1. The number of carbonyl (C=O) groups is 1. The largest absolute Gasteiger partial charge is 0.325 e. The highest BCUT2D eigenvalue weighted by Crippen LogP contribution is 2.31. The van der Waals surface area contributed by atoms with Gasteiger partial charge < -0.3 is 5.32 Å². The molecule has 0 bridgehead atoms. The van der Waals surface area contributed by atoms with Crippen molar-refractivity contribution in [2.45, 2.75) is 50.9 Å². The normalized spacial score (nSPS) is 12.6. The first kappa shape index (κ1) is 20.4. The van der Waals surface area contributed by atoms with Gasteiger partial charge in [-0.25, -0.2) is 0 Å². The molecule has 0 fully saturated rings. The summed E-state index contributed by atoms with van der Waals surface area (Å²) >= 11 is 1.43. The van der Waals surface area contributed by atoms with E-state index >= 15 is 0 Å². The van der Waals surface area contributed by atoms with Gasteiger partial charge in [0, 0.05) is 11.1 Å². The summed E-state index contributed by atoms with van der Waals surface area (Å²) in [4.78, 5) is 13.0. The van der Waals surface area contributed by atoms with E-state index in [2.05, 4.69) is 54.5 Å². The second-order valence-corrected chi connectivity index (χ2v) is 9.27. The molecule has 2 aromatic heterocycles. The van der Waals surface area contributed by atoms with E-state index in [9.17, 15) is 4.79 Å². The molecular formula is C24H26N4OS. The van der Waals surface area contributed by atoms with E-state index in [-0.39, 0.29) is 11.2 Å². The fraction of sp³-hybridized carbons (Fsp3) is 0.292. The number of thioether (sulfide) groups is 1. The summed E-state index contributed by atoms with van der Waals surface area (Å²) in [6.07, 6.45) is 0.